The zero-order valence-electron chi connectivity index (χ0n) is 15.9. The maximum absolute atomic E-state index is 9.61. The van der Waals surface area contributed by atoms with Crippen molar-refractivity contribution >= 4 is 5.71 Å². The molecule has 0 saturated heterocycles. The van der Waals surface area contributed by atoms with Gasteiger partial charge in [0.2, 0.25) is 0 Å². The molecule has 0 aromatic heterocycles. The van der Waals surface area contributed by atoms with E-state index in [1.807, 2.05) is 0 Å². The average molecular weight is 334 g/mol. The molecule has 4 rings (SSSR count). The van der Waals surface area contributed by atoms with Gasteiger partial charge in [0, 0.05) is 11.3 Å². The molecule has 0 aromatic rings. The Balaban J connectivity index is 1.33. The lowest BCUT2D eigenvalue weighted by Crippen LogP contribution is -2.53. The summed E-state index contributed by atoms with van der Waals surface area (Å²) in [7, 11) is 0. The lowest BCUT2D eigenvalue weighted by molar-refractivity contribution is 0.0358. The Labute approximate surface area is 149 Å². The second-order valence-electron chi connectivity index (χ2n) is 9.24. The fraction of sp³-hybridized carbons (Fsp3) is 0.955. The van der Waals surface area contributed by atoms with Gasteiger partial charge in [-0.25, -0.2) is 0 Å². The van der Waals surface area contributed by atoms with Crippen LogP contribution in [0.25, 0.3) is 0 Å². The molecule has 2 nitrogen and oxygen atoms in total. The monoisotopic (exact) mass is 333 g/mol. The molecule has 0 aliphatic heterocycles. The molecular weight excluding hydrogens is 294 g/mol. The fourth-order valence-electron chi connectivity index (χ4n) is 6.42. The van der Waals surface area contributed by atoms with Crippen LogP contribution in [0.4, 0.5) is 0 Å². The van der Waals surface area contributed by atoms with Crippen molar-refractivity contribution in [2.45, 2.75) is 110 Å². The van der Waals surface area contributed by atoms with Crippen molar-refractivity contribution in [3.05, 3.63) is 0 Å². The van der Waals surface area contributed by atoms with Crippen molar-refractivity contribution in [2.75, 3.05) is 0 Å². The van der Waals surface area contributed by atoms with Crippen LogP contribution in [0.15, 0.2) is 5.16 Å². The predicted molar refractivity (Wildman–Crippen MR) is 102 cm³/mol. The molecule has 0 radical (unpaired) electrons. The largest absolute Gasteiger partial charge is 0.411 e. The van der Waals surface area contributed by atoms with Crippen molar-refractivity contribution < 1.29 is 5.21 Å². The summed E-state index contributed by atoms with van der Waals surface area (Å²) in [6, 6.07) is 0. The van der Waals surface area contributed by atoms with Gasteiger partial charge in [-0.2, -0.15) is 0 Å². The third-order valence-electron chi connectivity index (χ3n) is 7.31. The van der Waals surface area contributed by atoms with Crippen LogP contribution in [0, 0.1) is 23.2 Å². The number of hydrogen-bond acceptors (Lipinski definition) is 2. The lowest BCUT2D eigenvalue weighted by atomic mass is 9.47. The lowest BCUT2D eigenvalue weighted by Gasteiger charge is -2.57. The van der Waals surface area contributed by atoms with E-state index in [1.54, 1.807) is 0 Å². The number of oxime groups is 1. The standard InChI is InChI=1S/C22H39NO/c1-2-3-4-5-6-7-8-9-10-11-12-22-16-18-13-19(17-22)15-20(14-18)21(22)23-24/h18-20,24H,2-17H2,1H3/b23-21+/t18-,19+,20?,22?. The minimum atomic E-state index is 0.309. The predicted octanol–water partition coefficient (Wildman–Crippen LogP) is 6.95. The summed E-state index contributed by atoms with van der Waals surface area (Å²) >= 11 is 0. The Hall–Kier alpha value is -0.530. The molecule has 2 unspecified atom stereocenters. The van der Waals surface area contributed by atoms with Crippen molar-refractivity contribution in [3.8, 4) is 0 Å². The highest BCUT2D eigenvalue weighted by molar-refractivity contribution is 5.93. The minimum absolute atomic E-state index is 0.309. The van der Waals surface area contributed by atoms with Gasteiger partial charge >= 0.3 is 0 Å². The van der Waals surface area contributed by atoms with Gasteiger partial charge in [-0.15, -0.1) is 0 Å². The molecule has 0 amide bonds. The highest BCUT2D eigenvalue weighted by Crippen LogP contribution is 2.60. The van der Waals surface area contributed by atoms with E-state index in [9.17, 15) is 5.21 Å². The van der Waals surface area contributed by atoms with Crippen LogP contribution in [-0.4, -0.2) is 10.9 Å². The maximum atomic E-state index is 9.61. The molecule has 0 spiro atoms. The summed E-state index contributed by atoms with van der Waals surface area (Å²) in [6.07, 6.45) is 22.1. The molecule has 4 fully saturated rings. The van der Waals surface area contributed by atoms with E-state index in [-0.39, 0.29) is 0 Å². The Morgan fingerprint density at radius 1 is 0.833 bits per heavy atom. The van der Waals surface area contributed by atoms with Crippen LogP contribution >= 0.6 is 0 Å². The molecule has 4 aliphatic rings. The van der Waals surface area contributed by atoms with E-state index in [0.717, 1.165) is 11.8 Å². The second kappa shape index (κ2) is 8.72. The van der Waals surface area contributed by atoms with Crippen LogP contribution in [0.5, 0.6) is 0 Å². The van der Waals surface area contributed by atoms with Crippen LogP contribution in [0.2, 0.25) is 0 Å². The molecule has 24 heavy (non-hydrogen) atoms. The third kappa shape index (κ3) is 4.17. The number of hydrogen-bond donors (Lipinski definition) is 1. The van der Waals surface area contributed by atoms with Crippen LogP contribution < -0.4 is 0 Å². The van der Waals surface area contributed by atoms with E-state index >= 15 is 0 Å². The molecule has 4 aliphatic carbocycles. The first-order valence-electron chi connectivity index (χ1n) is 11.0. The minimum Gasteiger partial charge on any atom is -0.411 e. The van der Waals surface area contributed by atoms with E-state index in [0.29, 0.717) is 11.3 Å². The van der Waals surface area contributed by atoms with Crippen molar-refractivity contribution in [1.82, 2.24) is 0 Å². The fourth-order valence-corrected chi connectivity index (χ4v) is 6.42. The molecule has 4 atom stereocenters. The molecule has 138 valence electrons. The number of unbranched alkanes of at least 4 members (excludes halogenated alkanes) is 9. The van der Waals surface area contributed by atoms with Gasteiger partial charge in [0.15, 0.2) is 0 Å². The van der Waals surface area contributed by atoms with Crippen LogP contribution in [0.3, 0.4) is 0 Å². The van der Waals surface area contributed by atoms with Crippen LogP contribution in [0.1, 0.15) is 110 Å². The quantitative estimate of drug-likeness (QED) is 0.247. The Morgan fingerprint density at radius 2 is 1.38 bits per heavy atom. The molecule has 0 aromatic carbocycles. The first kappa shape index (κ1) is 18.3. The van der Waals surface area contributed by atoms with Crippen LogP contribution in [-0.2, 0) is 0 Å². The number of nitrogens with zero attached hydrogens (tertiary/aromatic N) is 1. The van der Waals surface area contributed by atoms with E-state index in [2.05, 4.69) is 12.1 Å². The first-order valence-corrected chi connectivity index (χ1v) is 11.0. The maximum Gasteiger partial charge on any atom is 0.0663 e. The summed E-state index contributed by atoms with van der Waals surface area (Å²) in [6.45, 7) is 2.29. The number of rotatable bonds is 11. The smallest absolute Gasteiger partial charge is 0.0663 e. The van der Waals surface area contributed by atoms with E-state index < -0.39 is 0 Å². The molecule has 4 bridgehead atoms. The summed E-state index contributed by atoms with van der Waals surface area (Å²) in [5, 5.41) is 13.5. The molecule has 4 saturated carbocycles. The molecule has 2 heteroatoms. The Kier molecular flexibility index (Phi) is 6.63. The molecular formula is C22H39NO. The van der Waals surface area contributed by atoms with E-state index in [4.69, 9.17) is 0 Å². The van der Waals surface area contributed by atoms with Crippen molar-refractivity contribution in [3.63, 3.8) is 0 Å². The Morgan fingerprint density at radius 3 is 1.92 bits per heavy atom. The summed E-state index contributed by atoms with van der Waals surface area (Å²) < 4.78 is 0. The second-order valence-corrected chi connectivity index (χ2v) is 9.24. The van der Waals surface area contributed by atoms with Gasteiger partial charge < -0.3 is 5.21 Å². The van der Waals surface area contributed by atoms with Gasteiger partial charge in [0.05, 0.1) is 5.71 Å². The highest BCUT2D eigenvalue weighted by Gasteiger charge is 2.55. The Bertz CT molecular complexity index is 402. The summed E-state index contributed by atoms with van der Waals surface area (Å²) in [5.41, 5.74) is 1.52. The van der Waals surface area contributed by atoms with Gasteiger partial charge in [-0.3, -0.25) is 0 Å². The van der Waals surface area contributed by atoms with Crippen molar-refractivity contribution in [2.24, 2.45) is 28.3 Å². The first-order chi connectivity index (χ1) is 11.8. The van der Waals surface area contributed by atoms with Crippen molar-refractivity contribution in [1.29, 1.82) is 0 Å². The average Bonchev–Trinajstić information content (AvgIpc) is 2.56. The summed E-state index contributed by atoms with van der Waals surface area (Å²) in [5.74, 6) is 2.51. The summed E-state index contributed by atoms with van der Waals surface area (Å²) in [4.78, 5) is 0. The van der Waals surface area contributed by atoms with Gasteiger partial charge in [0.1, 0.15) is 0 Å². The van der Waals surface area contributed by atoms with Gasteiger partial charge in [0.25, 0.3) is 0 Å². The zero-order valence-corrected chi connectivity index (χ0v) is 15.9. The van der Waals surface area contributed by atoms with Gasteiger partial charge in [-0.1, -0.05) is 76.3 Å². The third-order valence-corrected chi connectivity index (χ3v) is 7.31. The molecule has 0 heterocycles. The van der Waals surface area contributed by atoms with E-state index in [1.165, 1.54) is 108 Å². The normalized spacial score (nSPS) is 35.9. The highest BCUT2D eigenvalue weighted by atomic mass is 16.4. The van der Waals surface area contributed by atoms with Gasteiger partial charge in [-0.05, 0) is 50.4 Å². The topological polar surface area (TPSA) is 32.6 Å². The zero-order chi connectivity index (χ0) is 16.8. The molecule has 1 N–H and O–H groups in total. The SMILES string of the molecule is CCCCCCCCCCCCC12C[C@@H]3CC(C[C@@H](C3)C1)/C2=N\O.